The van der Waals surface area contributed by atoms with E-state index in [1.807, 2.05) is 18.2 Å². The number of rotatable bonds is 6. The van der Waals surface area contributed by atoms with Crippen LogP contribution in [0.25, 0.3) is 0 Å². The van der Waals surface area contributed by atoms with Crippen LogP contribution in [0.3, 0.4) is 0 Å². The van der Waals surface area contributed by atoms with Gasteiger partial charge in [-0.3, -0.25) is 0 Å². The predicted molar refractivity (Wildman–Crippen MR) is 66.1 cm³/mol. The fourth-order valence-corrected chi connectivity index (χ4v) is 1.47. The summed E-state index contributed by atoms with van der Waals surface area (Å²) in [7, 11) is 3.33. The van der Waals surface area contributed by atoms with Crippen LogP contribution in [0.5, 0.6) is 11.5 Å². The molecule has 0 saturated carbocycles. The van der Waals surface area contributed by atoms with Gasteiger partial charge in [0.2, 0.25) is 0 Å². The van der Waals surface area contributed by atoms with Crippen molar-refractivity contribution in [3.8, 4) is 11.5 Å². The van der Waals surface area contributed by atoms with E-state index in [4.69, 9.17) is 9.47 Å². The molecule has 0 spiro atoms. The smallest absolute Gasteiger partial charge is 0.122 e. The van der Waals surface area contributed by atoms with Crippen LogP contribution in [0.1, 0.15) is 19.4 Å². The topological polar surface area (TPSA) is 30.5 Å². The van der Waals surface area contributed by atoms with E-state index in [0.29, 0.717) is 5.92 Å². The van der Waals surface area contributed by atoms with Crippen LogP contribution in [0.4, 0.5) is 0 Å². The molecule has 1 rings (SSSR count). The first kappa shape index (κ1) is 12.8. The van der Waals surface area contributed by atoms with E-state index < -0.39 is 0 Å². The summed E-state index contributed by atoms with van der Waals surface area (Å²) in [4.78, 5) is 0. The average molecular weight is 223 g/mol. The highest BCUT2D eigenvalue weighted by molar-refractivity contribution is 5.38. The maximum atomic E-state index is 5.22. The Morgan fingerprint density at radius 3 is 2.06 bits per heavy atom. The summed E-state index contributed by atoms with van der Waals surface area (Å²) in [6.45, 7) is 6.24. The molecule has 0 bridgehead atoms. The van der Waals surface area contributed by atoms with Gasteiger partial charge < -0.3 is 14.8 Å². The Bertz CT molecular complexity index is 301. The number of ether oxygens (including phenoxy) is 2. The molecule has 0 heterocycles. The minimum absolute atomic E-state index is 0.660. The Balaban J connectivity index is 2.64. The molecule has 90 valence electrons. The van der Waals surface area contributed by atoms with Crippen molar-refractivity contribution in [1.82, 2.24) is 5.32 Å². The zero-order valence-corrected chi connectivity index (χ0v) is 10.5. The van der Waals surface area contributed by atoms with Gasteiger partial charge in [-0.25, -0.2) is 0 Å². The molecule has 1 aromatic rings. The van der Waals surface area contributed by atoms with Gasteiger partial charge in [0.25, 0.3) is 0 Å². The van der Waals surface area contributed by atoms with Crippen LogP contribution in [0.2, 0.25) is 0 Å². The molecule has 3 heteroatoms. The number of methoxy groups -OCH3 is 2. The molecule has 0 amide bonds. The van der Waals surface area contributed by atoms with E-state index in [-0.39, 0.29) is 0 Å². The quantitative estimate of drug-likeness (QED) is 0.803. The van der Waals surface area contributed by atoms with Crippen molar-refractivity contribution in [3.05, 3.63) is 23.8 Å². The van der Waals surface area contributed by atoms with Gasteiger partial charge in [-0.2, -0.15) is 0 Å². The Morgan fingerprint density at radius 2 is 1.62 bits per heavy atom. The number of hydrogen-bond acceptors (Lipinski definition) is 3. The fourth-order valence-electron chi connectivity index (χ4n) is 1.47. The lowest BCUT2D eigenvalue weighted by molar-refractivity contribution is 0.393. The largest absolute Gasteiger partial charge is 0.497 e. The first-order valence-corrected chi connectivity index (χ1v) is 5.58. The molecule has 16 heavy (non-hydrogen) atoms. The molecule has 0 saturated heterocycles. The highest BCUT2D eigenvalue weighted by Gasteiger charge is 2.02. The third-order valence-electron chi connectivity index (χ3n) is 2.29. The normalized spacial score (nSPS) is 10.6. The van der Waals surface area contributed by atoms with Crippen LogP contribution < -0.4 is 14.8 Å². The third-order valence-corrected chi connectivity index (χ3v) is 2.29. The number of hydrogen-bond donors (Lipinski definition) is 1. The molecule has 0 aliphatic heterocycles. The highest BCUT2D eigenvalue weighted by Crippen LogP contribution is 2.22. The minimum atomic E-state index is 0.660. The van der Waals surface area contributed by atoms with Crippen molar-refractivity contribution in [2.24, 2.45) is 5.92 Å². The lowest BCUT2D eigenvalue weighted by Gasteiger charge is -2.10. The maximum absolute atomic E-state index is 5.22. The van der Waals surface area contributed by atoms with Gasteiger partial charge in [0, 0.05) is 12.6 Å². The van der Waals surface area contributed by atoms with Gasteiger partial charge in [0.15, 0.2) is 0 Å². The molecule has 0 aromatic heterocycles. The Kier molecular flexibility index (Phi) is 5.12. The predicted octanol–water partition coefficient (Wildman–Crippen LogP) is 2.45. The van der Waals surface area contributed by atoms with Gasteiger partial charge in [-0.1, -0.05) is 13.8 Å². The van der Waals surface area contributed by atoms with Gasteiger partial charge in [-0.05, 0) is 30.2 Å². The van der Waals surface area contributed by atoms with E-state index in [9.17, 15) is 0 Å². The lowest BCUT2D eigenvalue weighted by atomic mass is 10.2. The Morgan fingerprint density at radius 1 is 1.06 bits per heavy atom. The molecular formula is C13H21NO2. The van der Waals surface area contributed by atoms with Crippen molar-refractivity contribution in [2.75, 3.05) is 20.8 Å². The highest BCUT2D eigenvalue weighted by atomic mass is 16.5. The van der Waals surface area contributed by atoms with E-state index in [2.05, 4.69) is 19.2 Å². The lowest BCUT2D eigenvalue weighted by Crippen LogP contribution is -2.18. The molecular weight excluding hydrogens is 202 g/mol. The number of benzene rings is 1. The summed E-state index contributed by atoms with van der Waals surface area (Å²) < 4.78 is 10.4. The van der Waals surface area contributed by atoms with Gasteiger partial charge >= 0.3 is 0 Å². The van der Waals surface area contributed by atoms with E-state index in [1.54, 1.807) is 14.2 Å². The van der Waals surface area contributed by atoms with Crippen molar-refractivity contribution >= 4 is 0 Å². The molecule has 1 N–H and O–H groups in total. The van der Waals surface area contributed by atoms with Crippen LogP contribution in [-0.4, -0.2) is 20.8 Å². The van der Waals surface area contributed by atoms with Crippen molar-refractivity contribution in [3.63, 3.8) is 0 Å². The molecule has 1 aromatic carbocycles. The molecule has 0 fully saturated rings. The fraction of sp³-hybridized carbons (Fsp3) is 0.538. The molecule has 0 aliphatic rings. The Labute approximate surface area is 97.8 Å². The molecule has 0 atom stereocenters. The van der Waals surface area contributed by atoms with Crippen LogP contribution in [-0.2, 0) is 6.54 Å². The van der Waals surface area contributed by atoms with Crippen LogP contribution in [0, 0.1) is 5.92 Å². The second-order valence-electron chi connectivity index (χ2n) is 4.25. The third kappa shape index (κ3) is 4.11. The summed E-state index contributed by atoms with van der Waals surface area (Å²) in [5.74, 6) is 2.33. The zero-order valence-electron chi connectivity index (χ0n) is 10.5. The van der Waals surface area contributed by atoms with Gasteiger partial charge in [-0.15, -0.1) is 0 Å². The van der Waals surface area contributed by atoms with Crippen LogP contribution in [0.15, 0.2) is 18.2 Å². The molecule has 3 nitrogen and oxygen atoms in total. The molecule has 0 unspecified atom stereocenters. The molecule has 0 aliphatic carbocycles. The average Bonchev–Trinajstić information content (AvgIpc) is 2.28. The Hall–Kier alpha value is -1.22. The molecule has 0 radical (unpaired) electrons. The maximum Gasteiger partial charge on any atom is 0.122 e. The van der Waals surface area contributed by atoms with Gasteiger partial charge in [0.1, 0.15) is 11.5 Å². The van der Waals surface area contributed by atoms with E-state index in [1.165, 1.54) is 5.56 Å². The van der Waals surface area contributed by atoms with Crippen LogP contribution >= 0.6 is 0 Å². The van der Waals surface area contributed by atoms with Crippen molar-refractivity contribution in [2.45, 2.75) is 20.4 Å². The second-order valence-corrected chi connectivity index (χ2v) is 4.25. The summed E-state index contributed by atoms with van der Waals surface area (Å²) >= 11 is 0. The first-order chi connectivity index (χ1) is 7.65. The monoisotopic (exact) mass is 223 g/mol. The summed E-state index contributed by atoms with van der Waals surface area (Å²) in [5.41, 5.74) is 1.18. The van der Waals surface area contributed by atoms with Gasteiger partial charge in [0.05, 0.1) is 14.2 Å². The van der Waals surface area contributed by atoms with Crippen molar-refractivity contribution in [1.29, 1.82) is 0 Å². The van der Waals surface area contributed by atoms with Crippen molar-refractivity contribution < 1.29 is 9.47 Å². The number of nitrogens with one attached hydrogen (secondary N) is 1. The van der Waals surface area contributed by atoms with E-state index in [0.717, 1.165) is 24.6 Å². The SMILES string of the molecule is COc1cc(CNCC(C)C)cc(OC)c1. The summed E-state index contributed by atoms with van der Waals surface area (Å²) in [6.07, 6.45) is 0. The summed E-state index contributed by atoms with van der Waals surface area (Å²) in [6, 6.07) is 5.93. The summed E-state index contributed by atoms with van der Waals surface area (Å²) in [5, 5.41) is 3.39. The van der Waals surface area contributed by atoms with E-state index >= 15 is 0 Å². The standard InChI is InChI=1S/C13H21NO2/c1-10(2)8-14-9-11-5-12(15-3)7-13(6-11)16-4/h5-7,10,14H,8-9H2,1-4H3. The second kappa shape index (κ2) is 6.38. The first-order valence-electron chi connectivity index (χ1n) is 5.58. The zero-order chi connectivity index (χ0) is 12.0. The minimum Gasteiger partial charge on any atom is -0.497 e.